The fraction of sp³-hybridized carbons (Fsp3) is 0.500. The van der Waals surface area contributed by atoms with Crippen LogP contribution in [0.25, 0.3) is 0 Å². The summed E-state index contributed by atoms with van der Waals surface area (Å²) in [5, 5.41) is 5.94. The lowest BCUT2D eigenvalue weighted by Gasteiger charge is -2.23. The summed E-state index contributed by atoms with van der Waals surface area (Å²) < 4.78 is 24.0. The number of rotatable bonds is 3. The van der Waals surface area contributed by atoms with Gasteiger partial charge in [0.25, 0.3) is 0 Å². The maximum atomic E-state index is 12.1. The number of hydrogen-bond donors (Lipinski definition) is 2. The number of benzene rings is 1. The summed E-state index contributed by atoms with van der Waals surface area (Å²) in [4.78, 5) is 12.1. The van der Waals surface area contributed by atoms with Gasteiger partial charge in [-0.15, -0.1) is 0 Å². The maximum absolute atomic E-state index is 12.1. The van der Waals surface area contributed by atoms with E-state index in [1.165, 1.54) is 0 Å². The molecule has 116 valence electrons. The Labute approximate surface area is 133 Å². The van der Waals surface area contributed by atoms with Crippen molar-refractivity contribution in [3.05, 3.63) is 27.7 Å². The van der Waals surface area contributed by atoms with E-state index in [2.05, 4.69) is 26.6 Å². The van der Waals surface area contributed by atoms with Crippen molar-refractivity contribution in [2.24, 2.45) is 0 Å². The van der Waals surface area contributed by atoms with E-state index >= 15 is 0 Å². The second-order valence-corrected chi connectivity index (χ2v) is 8.54. The van der Waals surface area contributed by atoms with Gasteiger partial charge in [-0.25, -0.2) is 8.42 Å². The van der Waals surface area contributed by atoms with Crippen molar-refractivity contribution < 1.29 is 13.2 Å². The summed E-state index contributed by atoms with van der Waals surface area (Å²) >= 11 is 3.44. The van der Waals surface area contributed by atoms with Gasteiger partial charge in [-0.05, 0) is 47.0 Å². The maximum Gasteiger partial charge on any atom is 0.226 e. The normalized spacial score (nSPS) is 21.0. The fourth-order valence-electron chi connectivity index (χ4n) is 2.49. The Balaban J connectivity index is 2.02. The van der Waals surface area contributed by atoms with Crippen LogP contribution in [0.1, 0.15) is 17.5 Å². The van der Waals surface area contributed by atoms with E-state index in [0.717, 1.165) is 21.3 Å². The predicted octanol–water partition coefficient (Wildman–Crippen LogP) is 1.78. The Morgan fingerprint density at radius 2 is 2.14 bits per heavy atom. The van der Waals surface area contributed by atoms with Crippen molar-refractivity contribution >= 4 is 37.4 Å². The van der Waals surface area contributed by atoms with E-state index in [1.807, 2.05) is 26.0 Å². The number of carbonyl (C=O) groups is 1. The van der Waals surface area contributed by atoms with Gasteiger partial charge in [0, 0.05) is 23.5 Å². The van der Waals surface area contributed by atoms with Crippen LogP contribution in [0.3, 0.4) is 0 Å². The molecule has 0 saturated carbocycles. The molecule has 1 aromatic rings. The first-order valence-corrected chi connectivity index (χ1v) is 9.39. The first-order valence-electron chi connectivity index (χ1n) is 6.77. The topological polar surface area (TPSA) is 75.3 Å². The van der Waals surface area contributed by atoms with Crippen molar-refractivity contribution in [2.45, 2.75) is 26.3 Å². The summed E-state index contributed by atoms with van der Waals surface area (Å²) in [6.07, 6.45) is 0.152. The summed E-state index contributed by atoms with van der Waals surface area (Å²) in [7, 11) is -3.02. The molecule has 0 spiro atoms. The average molecular weight is 375 g/mol. The van der Waals surface area contributed by atoms with E-state index in [9.17, 15) is 13.2 Å². The van der Waals surface area contributed by atoms with Crippen molar-refractivity contribution in [3.8, 4) is 0 Å². The molecule has 0 aliphatic carbocycles. The Kier molecular flexibility index (Phi) is 5.06. The molecule has 21 heavy (non-hydrogen) atoms. The van der Waals surface area contributed by atoms with E-state index in [-0.39, 0.29) is 29.9 Å². The van der Waals surface area contributed by atoms with Crippen LogP contribution in [-0.2, 0) is 14.6 Å². The quantitative estimate of drug-likeness (QED) is 0.845. The number of halogens is 1. The van der Waals surface area contributed by atoms with Crippen molar-refractivity contribution in [1.82, 2.24) is 5.32 Å². The SMILES string of the molecule is Cc1cc(C)c(NC(=O)CC2CS(=O)(=O)CCN2)c(Br)c1. The first kappa shape index (κ1) is 16.5. The first-order chi connectivity index (χ1) is 9.77. The second kappa shape index (κ2) is 6.46. The van der Waals surface area contributed by atoms with Crippen LogP contribution in [0.2, 0.25) is 0 Å². The van der Waals surface area contributed by atoms with Crippen LogP contribution < -0.4 is 10.6 Å². The minimum Gasteiger partial charge on any atom is -0.325 e. The Bertz CT molecular complexity index is 635. The van der Waals surface area contributed by atoms with Gasteiger partial charge in [-0.3, -0.25) is 4.79 Å². The lowest BCUT2D eigenvalue weighted by Crippen LogP contribution is -2.46. The van der Waals surface area contributed by atoms with E-state index < -0.39 is 9.84 Å². The lowest BCUT2D eigenvalue weighted by molar-refractivity contribution is -0.116. The molecule has 0 bridgehead atoms. The van der Waals surface area contributed by atoms with Crippen molar-refractivity contribution in [3.63, 3.8) is 0 Å². The van der Waals surface area contributed by atoms with Gasteiger partial charge in [0.1, 0.15) is 0 Å². The zero-order valence-electron chi connectivity index (χ0n) is 12.1. The molecule has 1 aromatic carbocycles. The van der Waals surface area contributed by atoms with Crippen molar-refractivity contribution in [1.29, 1.82) is 0 Å². The standard InChI is InChI=1S/C14H19BrN2O3S/c1-9-5-10(2)14(12(15)6-9)17-13(18)7-11-8-21(19,20)4-3-16-11/h5-6,11,16H,3-4,7-8H2,1-2H3,(H,17,18). The monoisotopic (exact) mass is 374 g/mol. The summed E-state index contributed by atoms with van der Waals surface area (Å²) in [5.74, 6) is -0.0142. The van der Waals surface area contributed by atoms with Crippen LogP contribution in [0.4, 0.5) is 5.69 Å². The van der Waals surface area contributed by atoms with Gasteiger partial charge >= 0.3 is 0 Å². The second-order valence-electron chi connectivity index (χ2n) is 5.46. The number of aryl methyl sites for hydroxylation is 2. The zero-order chi connectivity index (χ0) is 15.6. The molecule has 1 fully saturated rings. The Morgan fingerprint density at radius 3 is 2.76 bits per heavy atom. The molecule has 7 heteroatoms. The molecule has 0 radical (unpaired) electrons. The molecule has 2 N–H and O–H groups in total. The molecule has 5 nitrogen and oxygen atoms in total. The third-order valence-corrected chi connectivity index (χ3v) is 5.79. The van der Waals surface area contributed by atoms with Gasteiger partial charge in [0.05, 0.1) is 17.2 Å². The van der Waals surface area contributed by atoms with Crippen LogP contribution in [0, 0.1) is 13.8 Å². The number of amides is 1. The highest BCUT2D eigenvalue weighted by molar-refractivity contribution is 9.10. The highest BCUT2D eigenvalue weighted by atomic mass is 79.9. The largest absolute Gasteiger partial charge is 0.325 e. The minimum absolute atomic E-state index is 0.0223. The van der Waals surface area contributed by atoms with Gasteiger partial charge in [0.2, 0.25) is 5.91 Å². The van der Waals surface area contributed by atoms with E-state index in [4.69, 9.17) is 0 Å². The van der Waals surface area contributed by atoms with E-state index in [1.54, 1.807) is 0 Å². The van der Waals surface area contributed by atoms with Gasteiger partial charge in [-0.2, -0.15) is 0 Å². The Hall–Kier alpha value is -0.920. The summed E-state index contributed by atoms with van der Waals surface area (Å²) in [5.41, 5.74) is 2.82. The highest BCUT2D eigenvalue weighted by Crippen LogP contribution is 2.28. The molecular formula is C14H19BrN2O3S. The predicted molar refractivity (Wildman–Crippen MR) is 87.3 cm³/mol. The van der Waals surface area contributed by atoms with Crippen LogP contribution in [0.5, 0.6) is 0 Å². The number of hydrogen-bond acceptors (Lipinski definition) is 4. The molecule has 1 unspecified atom stereocenters. The molecular weight excluding hydrogens is 356 g/mol. The summed E-state index contributed by atoms with van der Waals surface area (Å²) in [6.45, 7) is 4.32. The number of sulfone groups is 1. The number of nitrogens with one attached hydrogen (secondary N) is 2. The smallest absolute Gasteiger partial charge is 0.226 e. The van der Waals surface area contributed by atoms with Crippen LogP contribution in [-0.4, -0.2) is 38.4 Å². The third kappa shape index (κ3) is 4.52. The summed E-state index contributed by atoms with van der Waals surface area (Å²) in [6, 6.07) is 3.61. The minimum atomic E-state index is -3.02. The molecule has 1 aliphatic heterocycles. The number of anilines is 1. The fourth-order valence-corrected chi connectivity index (χ4v) is 4.70. The van der Waals surface area contributed by atoms with E-state index in [0.29, 0.717) is 6.54 Å². The zero-order valence-corrected chi connectivity index (χ0v) is 14.5. The molecule has 2 rings (SSSR count). The highest BCUT2D eigenvalue weighted by Gasteiger charge is 2.26. The van der Waals surface area contributed by atoms with Gasteiger partial charge in [0.15, 0.2) is 9.84 Å². The third-order valence-electron chi connectivity index (χ3n) is 3.43. The molecule has 0 aromatic heterocycles. The molecule has 1 aliphatic rings. The molecule has 1 atom stereocenters. The average Bonchev–Trinajstić information content (AvgIpc) is 2.32. The van der Waals surface area contributed by atoms with Crippen molar-refractivity contribution in [2.75, 3.05) is 23.4 Å². The van der Waals surface area contributed by atoms with Gasteiger partial charge < -0.3 is 10.6 Å². The van der Waals surface area contributed by atoms with Gasteiger partial charge in [-0.1, -0.05) is 6.07 Å². The lowest BCUT2D eigenvalue weighted by atomic mass is 10.1. The van der Waals surface area contributed by atoms with Crippen LogP contribution >= 0.6 is 15.9 Å². The molecule has 1 saturated heterocycles. The number of carbonyl (C=O) groups excluding carboxylic acids is 1. The molecule has 1 amide bonds. The Morgan fingerprint density at radius 1 is 1.43 bits per heavy atom. The molecule has 1 heterocycles. The van der Waals surface area contributed by atoms with Crippen LogP contribution in [0.15, 0.2) is 16.6 Å².